The van der Waals surface area contributed by atoms with Gasteiger partial charge in [-0.1, -0.05) is 72.7 Å². The van der Waals surface area contributed by atoms with Crippen LogP contribution in [0.3, 0.4) is 0 Å². The summed E-state index contributed by atoms with van der Waals surface area (Å²) in [5.74, 6) is 0.839. The molecule has 0 spiro atoms. The second-order valence-electron chi connectivity index (χ2n) is 9.96. The summed E-state index contributed by atoms with van der Waals surface area (Å²) >= 11 is 0. The average Bonchev–Trinajstić information content (AvgIpc) is 2.66. The van der Waals surface area contributed by atoms with E-state index in [-0.39, 0.29) is 36.0 Å². The predicted octanol–water partition coefficient (Wildman–Crippen LogP) is 8.16. The standard InChI is InChI=1S/C27H39N3.CH3.Fe/c1-17(2)22-13-11-14-23(18(3)4)26(22)29-20(6)25-16-12-15-24(30-25)19(5)28-21(7)27(8,9)10;;/h11-18,21H,1-10H3;1H3;/q;-1;/t21-;;/m0../s1. The van der Waals surface area contributed by atoms with Crippen molar-refractivity contribution in [3.8, 4) is 0 Å². The zero-order chi connectivity index (χ0) is 22.6. The van der Waals surface area contributed by atoms with E-state index in [2.05, 4.69) is 86.6 Å². The van der Waals surface area contributed by atoms with Crippen LogP contribution in [-0.4, -0.2) is 22.4 Å². The Morgan fingerprint density at radius 3 is 1.66 bits per heavy atom. The van der Waals surface area contributed by atoms with Gasteiger partial charge < -0.3 is 7.43 Å². The van der Waals surface area contributed by atoms with Crippen LogP contribution in [-0.2, 0) is 17.1 Å². The number of pyridine rings is 1. The van der Waals surface area contributed by atoms with Gasteiger partial charge in [0, 0.05) is 17.1 Å². The van der Waals surface area contributed by atoms with Gasteiger partial charge in [0.05, 0.1) is 34.5 Å². The molecule has 0 N–H and O–H groups in total. The molecule has 0 bridgehead atoms. The third-order valence-electron chi connectivity index (χ3n) is 5.75. The van der Waals surface area contributed by atoms with Crippen LogP contribution in [0, 0.1) is 12.8 Å². The van der Waals surface area contributed by atoms with E-state index in [0.29, 0.717) is 11.8 Å². The van der Waals surface area contributed by atoms with Crippen LogP contribution in [0.25, 0.3) is 0 Å². The normalized spacial score (nSPS) is 13.6. The van der Waals surface area contributed by atoms with Crippen molar-refractivity contribution in [1.29, 1.82) is 0 Å². The van der Waals surface area contributed by atoms with Gasteiger partial charge in [0.2, 0.25) is 0 Å². The summed E-state index contributed by atoms with van der Waals surface area (Å²) in [6.45, 7) is 21.8. The van der Waals surface area contributed by atoms with E-state index < -0.39 is 0 Å². The number of para-hydroxylation sites is 1. The van der Waals surface area contributed by atoms with Gasteiger partial charge in [0.25, 0.3) is 0 Å². The molecule has 1 aromatic heterocycles. The van der Waals surface area contributed by atoms with Crippen molar-refractivity contribution in [2.24, 2.45) is 15.4 Å². The molecule has 1 aromatic carbocycles. The average molecular weight is 477 g/mol. The Morgan fingerprint density at radius 2 is 1.22 bits per heavy atom. The SMILES string of the molecule is CC(=Nc1c(C(C)C)cccc1C(C)C)c1cccc(C(C)=N[C@@H](C)C(C)(C)C)n1.[CH3-].[Fe]. The molecule has 32 heavy (non-hydrogen) atoms. The molecular formula is C28H42FeN3-. The Morgan fingerprint density at radius 1 is 0.781 bits per heavy atom. The smallest absolute Gasteiger partial charge is 0.0849 e. The number of aromatic nitrogens is 1. The van der Waals surface area contributed by atoms with E-state index in [1.807, 2.05) is 19.1 Å². The van der Waals surface area contributed by atoms with Gasteiger partial charge in [0.15, 0.2) is 0 Å². The van der Waals surface area contributed by atoms with Gasteiger partial charge in [-0.25, -0.2) is 4.98 Å². The summed E-state index contributed by atoms with van der Waals surface area (Å²) < 4.78 is 0. The molecule has 1 atom stereocenters. The summed E-state index contributed by atoms with van der Waals surface area (Å²) in [6.07, 6.45) is 0. The van der Waals surface area contributed by atoms with Crippen molar-refractivity contribution in [1.82, 2.24) is 4.98 Å². The first kappa shape index (κ1) is 30.2. The molecule has 2 rings (SSSR count). The molecule has 1 heterocycles. The van der Waals surface area contributed by atoms with Crippen molar-refractivity contribution >= 4 is 17.1 Å². The molecule has 3 nitrogen and oxygen atoms in total. The number of nitrogens with zero attached hydrogens (tertiary/aromatic N) is 3. The number of hydrogen-bond donors (Lipinski definition) is 0. The zero-order valence-corrected chi connectivity index (χ0v) is 23.0. The number of benzene rings is 1. The molecule has 0 amide bonds. The van der Waals surface area contributed by atoms with Crippen LogP contribution in [0.15, 0.2) is 46.4 Å². The molecule has 0 saturated heterocycles. The first-order valence-electron chi connectivity index (χ1n) is 11.1. The van der Waals surface area contributed by atoms with Gasteiger partial charge in [0.1, 0.15) is 0 Å². The predicted molar refractivity (Wildman–Crippen MR) is 138 cm³/mol. The summed E-state index contributed by atoms with van der Waals surface area (Å²) in [4.78, 5) is 14.9. The summed E-state index contributed by atoms with van der Waals surface area (Å²) in [5.41, 5.74) is 7.52. The molecule has 178 valence electrons. The molecule has 0 aliphatic heterocycles. The monoisotopic (exact) mass is 476 g/mol. The minimum absolute atomic E-state index is 0. The molecular weight excluding hydrogens is 434 g/mol. The Kier molecular flexibility index (Phi) is 11.8. The van der Waals surface area contributed by atoms with Gasteiger partial charge in [-0.2, -0.15) is 0 Å². The van der Waals surface area contributed by atoms with Crippen molar-refractivity contribution in [3.63, 3.8) is 0 Å². The van der Waals surface area contributed by atoms with E-state index in [1.165, 1.54) is 11.1 Å². The molecule has 0 unspecified atom stereocenters. The maximum atomic E-state index is 5.09. The first-order chi connectivity index (χ1) is 13.9. The number of rotatable bonds is 6. The quantitative estimate of drug-likeness (QED) is 0.235. The summed E-state index contributed by atoms with van der Waals surface area (Å²) in [7, 11) is 0. The molecule has 0 saturated carbocycles. The second kappa shape index (κ2) is 12.5. The van der Waals surface area contributed by atoms with Crippen molar-refractivity contribution in [3.05, 3.63) is 66.3 Å². The number of hydrogen-bond acceptors (Lipinski definition) is 3. The van der Waals surface area contributed by atoms with Crippen LogP contribution < -0.4 is 0 Å². The molecule has 0 aliphatic rings. The fraction of sp³-hybridized carbons (Fsp3) is 0.500. The van der Waals surface area contributed by atoms with Crippen molar-refractivity contribution < 1.29 is 17.1 Å². The van der Waals surface area contributed by atoms with Gasteiger partial charge in [-0.05, 0) is 61.3 Å². The molecule has 0 radical (unpaired) electrons. The van der Waals surface area contributed by atoms with Crippen LogP contribution in [0.4, 0.5) is 5.69 Å². The summed E-state index contributed by atoms with van der Waals surface area (Å²) in [5, 5.41) is 0. The van der Waals surface area contributed by atoms with Crippen LogP contribution in [0.2, 0.25) is 0 Å². The Hall–Kier alpha value is -1.77. The minimum atomic E-state index is 0. The van der Waals surface area contributed by atoms with Gasteiger partial charge in [-0.15, -0.1) is 0 Å². The molecule has 0 aliphatic carbocycles. The molecule has 0 fully saturated rings. The third kappa shape index (κ3) is 7.67. The van der Waals surface area contributed by atoms with E-state index in [9.17, 15) is 0 Å². The van der Waals surface area contributed by atoms with E-state index in [0.717, 1.165) is 28.5 Å². The van der Waals surface area contributed by atoms with E-state index >= 15 is 0 Å². The van der Waals surface area contributed by atoms with Crippen LogP contribution in [0.5, 0.6) is 0 Å². The Balaban J connectivity index is 0.00000480. The largest absolute Gasteiger partial charge is 0.358 e. The van der Waals surface area contributed by atoms with E-state index in [1.54, 1.807) is 0 Å². The van der Waals surface area contributed by atoms with Crippen molar-refractivity contribution in [2.75, 3.05) is 0 Å². The van der Waals surface area contributed by atoms with Gasteiger partial charge >= 0.3 is 0 Å². The van der Waals surface area contributed by atoms with Gasteiger partial charge in [-0.3, -0.25) is 9.98 Å². The topological polar surface area (TPSA) is 37.6 Å². The minimum Gasteiger partial charge on any atom is -0.358 e. The second-order valence-corrected chi connectivity index (χ2v) is 9.96. The van der Waals surface area contributed by atoms with Crippen LogP contribution >= 0.6 is 0 Å². The number of aliphatic imine (C=N–C) groups is 2. The molecule has 2 aromatic rings. The first-order valence-corrected chi connectivity index (χ1v) is 11.1. The fourth-order valence-electron chi connectivity index (χ4n) is 3.25. The summed E-state index contributed by atoms with van der Waals surface area (Å²) in [6, 6.07) is 12.9. The fourth-order valence-corrected chi connectivity index (χ4v) is 3.25. The Bertz CT molecular complexity index is 908. The third-order valence-corrected chi connectivity index (χ3v) is 5.75. The molecule has 4 heteroatoms. The maximum absolute atomic E-state index is 5.09. The van der Waals surface area contributed by atoms with Crippen molar-refractivity contribution in [2.45, 2.75) is 87.1 Å². The maximum Gasteiger partial charge on any atom is 0.0849 e. The Labute approximate surface area is 207 Å². The zero-order valence-electron chi connectivity index (χ0n) is 21.9. The van der Waals surface area contributed by atoms with Crippen LogP contribution in [0.1, 0.15) is 104 Å². The van der Waals surface area contributed by atoms with E-state index in [4.69, 9.17) is 15.0 Å².